The summed E-state index contributed by atoms with van der Waals surface area (Å²) in [6, 6.07) is 19.3. The second kappa shape index (κ2) is 8.63. The number of hydrogen-bond acceptors (Lipinski definition) is 2. The van der Waals surface area contributed by atoms with E-state index < -0.39 is 0 Å². The largest absolute Gasteiger partial charge is 0.315 e. The van der Waals surface area contributed by atoms with Crippen LogP contribution in [0.1, 0.15) is 42.3 Å². The van der Waals surface area contributed by atoms with E-state index in [1.165, 1.54) is 21.6 Å². The molecule has 4 nitrogen and oxygen atoms in total. The Hall–Kier alpha value is -2.24. The summed E-state index contributed by atoms with van der Waals surface area (Å²) < 4.78 is 4.84. The van der Waals surface area contributed by atoms with Gasteiger partial charge in [-0.05, 0) is 36.2 Å². The molecule has 27 heavy (non-hydrogen) atoms. The second-order valence-corrected chi connectivity index (χ2v) is 7.95. The van der Waals surface area contributed by atoms with Crippen molar-refractivity contribution < 1.29 is 4.90 Å². The molecule has 0 spiro atoms. The maximum atomic E-state index is 5.69. The molecule has 1 unspecified atom stereocenters. The third-order valence-corrected chi connectivity index (χ3v) is 5.29. The standard InChI is InChI=1S/C22H28N4S/c1-17(2)21-12-10-20(11-13-21)14-24(4)16-26-22(27)25(18(3)23-26)15-19-8-6-5-7-9-19/h5-13,17H,14-16H2,1-4H3/p+1. The Balaban J connectivity index is 1.68. The average Bonchev–Trinajstić information content (AvgIpc) is 2.90. The first kappa shape index (κ1) is 19.5. The summed E-state index contributed by atoms with van der Waals surface area (Å²) in [6.07, 6.45) is 0. The van der Waals surface area contributed by atoms with Crippen LogP contribution in [0.5, 0.6) is 0 Å². The van der Waals surface area contributed by atoms with Crippen molar-refractivity contribution in [1.29, 1.82) is 0 Å². The molecule has 0 aliphatic carbocycles. The van der Waals surface area contributed by atoms with E-state index in [0.29, 0.717) is 5.92 Å². The SMILES string of the molecule is Cc1nn(C[NH+](C)Cc2ccc(C(C)C)cc2)c(=S)n1Cc1ccccc1. The topological polar surface area (TPSA) is 27.2 Å². The third kappa shape index (κ3) is 4.93. The van der Waals surface area contributed by atoms with Gasteiger partial charge in [0.05, 0.1) is 13.6 Å². The van der Waals surface area contributed by atoms with Crippen molar-refractivity contribution in [1.82, 2.24) is 14.3 Å². The Labute approximate surface area is 167 Å². The molecule has 3 rings (SSSR count). The molecule has 1 heterocycles. The summed E-state index contributed by atoms with van der Waals surface area (Å²) >= 11 is 5.69. The van der Waals surface area contributed by atoms with Crippen LogP contribution in [0.3, 0.4) is 0 Å². The smallest absolute Gasteiger partial charge is 0.203 e. The molecule has 2 aromatic carbocycles. The van der Waals surface area contributed by atoms with E-state index in [4.69, 9.17) is 12.2 Å². The molecule has 0 aliphatic rings. The van der Waals surface area contributed by atoms with Crippen LogP contribution < -0.4 is 4.90 Å². The van der Waals surface area contributed by atoms with E-state index in [2.05, 4.69) is 79.1 Å². The van der Waals surface area contributed by atoms with E-state index in [1.807, 2.05) is 17.7 Å². The van der Waals surface area contributed by atoms with Gasteiger partial charge in [-0.15, -0.1) is 0 Å². The van der Waals surface area contributed by atoms with Crippen LogP contribution in [0.25, 0.3) is 0 Å². The first-order valence-corrected chi connectivity index (χ1v) is 9.93. The van der Waals surface area contributed by atoms with Crippen molar-refractivity contribution >= 4 is 12.2 Å². The molecule has 1 atom stereocenters. The molecule has 0 saturated carbocycles. The molecule has 0 bridgehead atoms. The maximum absolute atomic E-state index is 5.69. The summed E-state index contributed by atoms with van der Waals surface area (Å²) in [4.78, 5) is 1.35. The third-order valence-electron chi connectivity index (χ3n) is 4.86. The zero-order valence-corrected chi connectivity index (χ0v) is 17.5. The van der Waals surface area contributed by atoms with E-state index in [1.54, 1.807) is 0 Å². The number of hydrogen-bond donors (Lipinski definition) is 1. The summed E-state index contributed by atoms with van der Waals surface area (Å²) in [5.74, 6) is 1.52. The first-order valence-electron chi connectivity index (χ1n) is 9.52. The highest BCUT2D eigenvalue weighted by Crippen LogP contribution is 2.14. The number of nitrogens with one attached hydrogen (secondary N) is 1. The van der Waals surface area contributed by atoms with Gasteiger partial charge in [-0.3, -0.25) is 4.57 Å². The zero-order valence-electron chi connectivity index (χ0n) is 16.6. The minimum absolute atomic E-state index is 0.569. The van der Waals surface area contributed by atoms with E-state index >= 15 is 0 Å². The van der Waals surface area contributed by atoms with E-state index in [0.717, 1.165) is 30.4 Å². The lowest BCUT2D eigenvalue weighted by molar-refractivity contribution is -0.917. The van der Waals surface area contributed by atoms with Crippen LogP contribution in [-0.2, 0) is 19.8 Å². The first-order chi connectivity index (χ1) is 12.9. The van der Waals surface area contributed by atoms with Crippen LogP contribution in [0.4, 0.5) is 0 Å². The fourth-order valence-corrected chi connectivity index (χ4v) is 3.58. The highest BCUT2D eigenvalue weighted by molar-refractivity contribution is 7.71. The summed E-state index contributed by atoms with van der Waals surface area (Å²) in [5.41, 5.74) is 3.96. The van der Waals surface area contributed by atoms with Crippen LogP contribution in [0, 0.1) is 11.7 Å². The molecule has 0 fully saturated rings. The monoisotopic (exact) mass is 381 g/mol. The van der Waals surface area contributed by atoms with Crippen LogP contribution >= 0.6 is 12.2 Å². The van der Waals surface area contributed by atoms with Gasteiger partial charge in [0.15, 0.2) is 6.67 Å². The highest BCUT2D eigenvalue weighted by atomic mass is 32.1. The minimum Gasteiger partial charge on any atom is -0.315 e. The predicted molar refractivity (Wildman–Crippen MR) is 112 cm³/mol. The average molecular weight is 382 g/mol. The molecule has 0 saturated heterocycles. The van der Waals surface area contributed by atoms with Crippen LogP contribution in [-0.4, -0.2) is 21.4 Å². The number of aromatic nitrogens is 3. The molecule has 3 aromatic rings. The van der Waals surface area contributed by atoms with Gasteiger partial charge in [0.1, 0.15) is 12.4 Å². The van der Waals surface area contributed by atoms with Gasteiger partial charge in [-0.2, -0.15) is 9.78 Å². The Morgan fingerprint density at radius 2 is 1.67 bits per heavy atom. The molecule has 142 valence electrons. The molecule has 0 amide bonds. The van der Waals surface area contributed by atoms with Crippen molar-refractivity contribution in [3.05, 3.63) is 81.9 Å². The van der Waals surface area contributed by atoms with Crippen LogP contribution in [0.15, 0.2) is 54.6 Å². The molecule has 1 N–H and O–H groups in total. The lowest BCUT2D eigenvalue weighted by atomic mass is 10.0. The molecular formula is C22H29N4S+. The van der Waals surface area contributed by atoms with Gasteiger partial charge in [0.2, 0.25) is 4.77 Å². The lowest BCUT2D eigenvalue weighted by Crippen LogP contribution is -3.07. The van der Waals surface area contributed by atoms with Gasteiger partial charge >= 0.3 is 0 Å². The van der Waals surface area contributed by atoms with E-state index in [9.17, 15) is 0 Å². The number of rotatable bonds is 7. The number of aryl methyl sites for hydroxylation is 1. The van der Waals surface area contributed by atoms with Crippen molar-refractivity contribution in [3.63, 3.8) is 0 Å². The quantitative estimate of drug-likeness (QED) is 0.634. The van der Waals surface area contributed by atoms with E-state index in [-0.39, 0.29) is 0 Å². The normalized spacial score (nSPS) is 12.5. The molecule has 5 heteroatoms. The molecule has 1 aromatic heterocycles. The Bertz CT molecular complexity index is 923. The molecule has 0 radical (unpaired) electrons. The Morgan fingerprint density at radius 3 is 2.30 bits per heavy atom. The maximum Gasteiger partial charge on any atom is 0.203 e. The van der Waals surface area contributed by atoms with Crippen molar-refractivity contribution in [2.24, 2.45) is 0 Å². The van der Waals surface area contributed by atoms with Gasteiger partial charge in [0, 0.05) is 5.56 Å². The van der Waals surface area contributed by atoms with Gasteiger partial charge in [0.25, 0.3) is 0 Å². The highest BCUT2D eigenvalue weighted by Gasteiger charge is 2.12. The summed E-state index contributed by atoms with van der Waals surface area (Å²) in [7, 11) is 2.18. The Morgan fingerprint density at radius 1 is 1.00 bits per heavy atom. The number of quaternary nitrogens is 1. The zero-order chi connectivity index (χ0) is 19.4. The molecule has 0 aliphatic heterocycles. The fourth-order valence-electron chi connectivity index (χ4n) is 3.28. The lowest BCUT2D eigenvalue weighted by Gasteiger charge is -2.14. The minimum atomic E-state index is 0.569. The van der Waals surface area contributed by atoms with Crippen molar-refractivity contribution in [2.45, 2.75) is 46.4 Å². The number of benzene rings is 2. The summed E-state index contributed by atoms with van der Waals surface area (Å²) in [5, 5.41) is 4.68. The fraction of sp³-hybridized carbons (Fsp3) is 0.364. The van der Waals surface area contributed by atoms with Crippen molar-refractivity contribution in [2.75, 3.05) is 7.05 Å². The molecular weight excluding hydrogens is 352 g/mol. The predicted octanol–water partition coefficient (Wildman–Crippen LogP) is 3.57. The second-order valence-electron chi connectivity index (χ2n) is 7.59. The Kier molecular flexibility index (Phi) is 6.24. The van der Waals surface area contributed by atoms with Gasteiger partial charge in [-0.1, -0.05) is 68.4 Å². The number of nitrogens with zero attached hydrogens (tertiary/aromatic N) is 3. The van der Waals surface area contributed by atoms with Crippen LogP contribution in [0.2, 0.25) is 0 Å². The van der Waals surface area contributed by atoms with Gasteiger partial charge < -0.3 is 4.90 Å². The summed E-state index contributed by atoms with van der Waals surface area (Å²) in [6.45, 7) is 8.94. The van der Waals surface area contributed by atoms with Crippen molar-refractivity contribution in [3.8, 4) is 0 Å². The van der Waals surface area contributed by atoms with Gasteiger partial charge in [-0.25, -0.2) is 0 Å².